The highest BCUT2D eigenvalue weighted by molar-refractivity contribution is 7.25. The molecular weight excluding hydrogens is 725 g/mol. The maximum absolute atomic E-state index is 6.68. The van der Waals surface area contributed by atoms with Gasteiger partial charge in [0.05, 0.1) is 11.0 Å². The maximum Gasteiger partial charge on any atom is 0.138 e. The van der Waals surface area contributed by atoms with E-state index in [1.807, 2.05) is 11.3 Å². The minimum Gasteiger partial charge on any atom is -0.456 e. The zero-order chi connectivity index (χ0) is 38.2. The van der Waals surface area contributed by atoms with E-state index in [2.05, 4.69) is 216 Å². The summed E-state index contributed by atoms with van der Waals surface area (Å²) in [4.78, 5) is 2.36. The third-order valence-corrected chi connectivity index (χ3v) is 12.7. The molecule has 3 nitrogen and oxygen atoms in total. The first kappa shape index (κ1) is 32.8. The zero-order valence-electron chi connectivity index (χ0n) is 31.3. The molecule has 0 amide bonds. The van der Waals surface area contributed by atoms with Gasteiger partial charge >= 0.3 is 0 Å². The normalized spacial score (nSPS) is 11.8. The lowest BCUT2D eigenvalue weighted by molar-refractivity contribution is 0.669. The second kappa shape index (κ2) is 13.1. The van der Waals surface area contributed by atoms with Gasteiger partial charge in [0, 0.05) is 76.1 Å². The summed E-state index contributed by atoms with van der Waals surface area (Å²) in [7, 11) is 0. The number of anilines is 3. The number of nitrogens with zero attached hydrogens (tertiary/aromatic N) is 2. The number of fused-ring (bicyclic) bond motifs is 9. The van der Waals surface area contributed by atoms with E-state index >= 15 is 0 Å². The summed E-state index contributed by atoms with van der Waals surface area (Å²) >= 11 is 1.85. The van der Waals surface area contributed by atoms with Crippen molar-refractivity contribution < 1.29 is 4.42 Å². The van der Waals surface area contributed by atoms with Crippen molar-refractivity contribution in [3.63, 3.8) is 0 Å². The van der Waals surface area contributed by atoms with Crippen molar-refractivity contribution in [2.45, 2.75) is 0 Å². The third kappa shape index (κ3) is 5.12. The first-order valence-corrected chi connectivity index (χ1v) is 20.5. The largest absolute Gasteiger partial charge is 0.456 e. The number of hydrogen-bond donors (Lipinski definition) is 0. The quantitative estimate of drug-likeness (QED) is 0.168. The molecule has 0 fully saturated rings. The van der Waals surface area contributed by atoms with Crippen molar-refractivity contribution in [1.82, 2.24) is 4.57 Å². The molecule has 0 aliphatic rings. The number of furan rings is 1. The van der Waals surface area contributed by atoms with Crippen LogP contribution in [0.3, 0.4) is 0 Å². The Labute approximate surface area is 338 Å². The molecule has 0 unspecified atom stereocenters. The highest BCUT2D eigenvalue weighted by atomic mass is 32.1. The second-order valence-corrected chi connectivity index (χ2v) is 16.0. The van der Waals surface area contributed by atoms with Crippen molar-refractivity contribution in [2.75, 3.05) is 4.90 Å². The van der Waals surface area contributed by atoms with Crippen molar-refractivity contribution in [2.24, 2.45) is 0 Å². The fourth-order valence-electron chi connectivity index (χ4n) is 8.99. The van der Waals surface area contributed by atoms with Gasteiger partial charge in [0.1, 0.15) is 11.2 Å². The fourth-order valence-corrected chi connectivity index (χ4v) is 10.1. The Kier molecular flexibility index (Phi) is 7.40. The van der Waals surface area contributed by atoms with E-state index < -0.39 is 0 Å². The lowest BCUT2D eigenvalue weighted by atomic mass is 9.93. The number of hydrogen-bond acceptors (Lipinski definition) is 3. The lowest BCUT2D eigenvalue weighted by Crippen LogP contribution is -2.09. The van der Waals surface area contributed by atoms with Crippen LogP contribution < -0.4 is 4.90 Å². The maximum atomic E-state index is 6.68. The molecular formula is C54H34N2OS. The van der Waals surface area contributed by atoms with Crippen LogP contribution in [0.4, 0.5) is 17.1 Å². The predicted molar refractivity (Wildman–Crippen MR) is 247 cm³/mol. The van der Waals surface area contributed by atoms with Gasteiger partial charge in [0.2, 0.25) is 0 Å². The molecule has 272 valence electrons. The topological polar surface area (TPSA) is 21.3 Å². The van der Waals surface area contributed by atoms with Gasteiger partial charge in [-0.1, -0.05) is 133 Å². The van der Waals surface area contributed by atoms with Crippen LogP contribution in [0.2, 0.25) is 0 Å². The summed E-state index contributed by atoms with van der Waals surface area (Å²) in [6.07, 6.45) is 0. The van der Waals surface area contributed by atoms with Crippen molar-refractivity contribution in [1.29, 1.82) is 0 Å². The minimum atomic E-state index is 0.878. The summed E-state index contributed by atoms with van der Waals surface area (Å²) < 4.78 is 11.7. The number of para-hydroxylation sites is 3. The van der Waals surface area contributed by atoms with Crippen molar-refractivity contribution in [3.8, 4) is 27.9 Å². The van der Waals surface area contributed by atoms with Gasteiger partial charge in [0.15, 0.2) is 0 Å². The van der Waals surface area contributed by atoms with E-state index in [-0.39, 0.29) is 0 Å². The Morgan fingerprint density at radius 3 is 1.79 bits per heavy atom. The van der Waals surface area contributed by atoms with Crippen LogP contribution in [0.15, 0.2) is 211 Å². The summed E-state index contributed by atoms with van der Waals surface area (Å²) in [5.41, 5.74) is 13.2. The predicted octanol–water partition coefficient (Wildman–Crippen LogP) is 15.9. The summed E-state index contributed by atoms with van der Waals surface area (Å²) in [6, 6.07) is 74.3. The van der Waals surface area contributed by atoms with Crippen LogP contribution in [-0.2, 0) is 0 Å². The molecule has 3 aromatic heterocycles. The van der Waals surface area contributed by atoms with Crippen LogP contribution in [0.25, 0.3) is 91.9 Å². The SMILES string of the molecule is c1ccc(-c2ccc(-c3c4c(cc5c3c3ccccc3n5-c3ccc(N(c5ccccc5)c5ccc6c(c5)sc5ccccc56)cc3)oc3ccccc34)cc2)cc1. The molecule has 4 heteroatoms. The van der Waals surface area contributed by atoms with Gasteiger partial charge in [-0.2, -0.15) is 0 Å². The van der Waals surface area contributed by atoms with Crippen molar-refractivity contribution in [3.05, 3.63) is 206 Å². The van der Waals surface area contributed by atoms with Crippen LogP contribution in [-0.4, -0.2) is 4.57 Å². The Morgan fingerprint density at radius 2 is 0.983 bits per heavy atom. The van der Waals surface area contributed by atoms with Gasteiger partial charge in [-0.15, -0.1) is 11.3 Å². The first-order chi connectivity index (χ1) is 28.8. The van der Waals surface area contributed by atoms with Crippen molar-refractivity contribution >= 4 is 92.3 Å². The molecule has 0 saturated heterocycles. The number of benzene rings is 9. The summed E-state index contributed by atoms with van der Waals surface area (Å²) in [6.45, 7) is 0. The molecule has 58 heavy (non-hydrogen) atoms. The fraction of sp³-hybridized carbons (Fsp3) is 0. The molecule has 0 saturated carbocycles. The van der Waals surface area contributed by atoms with Crippen LogP contribution >= 0.6 is 11.3 Å². The van der Waals surface area contributed by atoms with Gasteiger partial charge in [-0.3, -0.25) is 0 Å². The van der Waals surface area contributed by atoms with E-state index in [1.165, 1.54) is 47.6 Å². The Bertz CT molecular complexity index is 3490. The molecule has 0 radical (unpaired) electrons. The molecule has 12 rings (SSSR count). The monoisotopic (exact) mass is 758 g/mol. The van der Waals surface area contributed by atoms with Gasteiger partial charge < -0.3 is 13.9 Å². The highest BCUT2D eigenvalue weighted by Crippen LogP contribution is 2.47. The van der Waals surface area contributed by atoms with Crippen LogP contribution in [0.5, 0.6) is 0 Å². The van der Waals surface area contributed by atoms with E-state index in [1.54, 1.807) is 0 Å². The lowest BCUT2D eigenvalue weighted by Gasteiger charge is -2.26. The average molecular weight is 759 g/mol. The second-order valence-electron chi connectivity index (χ2n) is 14.9. The molecule has 12 aromatic rings. The molecule has 0 atom stereocenters. The molecule has 9 aromatic carbocycles. The standard InChI is InChI=1S/C54H34N2OS/c1-3-13-35(14-4-1)36-23-25-37(26-24-36)52-53-44-18-7-10-20-46(44)56(47(53)34-49-54(52)45-19-8-11-21-48(45)57-49)40-29-27-39(28-30-40)55(38-15-5-2-6-16-38)41-31-32-43-42-17-9-12-22-50(42)58-51(43)33-41/h1-34H. The Hall–Kier alpha value is -7.40. The number of aromatic nitrogens is 1. The van der Waals surface area contributed by atoms with Crippen LogP contribution in [0.1, 0.15) is 0 Å². The van der Waals surface area contributed by atoms with E-state index in [0.29, 0.717) is 0 Å². The first-order valence-electron chi connectivity index (χ1n) is 19.7. The molecule has 0 bridgehead atoms. The Balaban J connectivity index is 1.05. The van der Waals surface area contributed by atoms with Crippen LogP contribution in [0, 0.1) is 0 Å². The summed E-state index contributed by atoms with van der Waals surface area (Å²) in [5.74, 6) is 0. The van der Waals surface area contributed by atoms with E-state index in [9.17, 15) is 0 Å². The number of rotatable bonds is 6. The minimum absolute atomic E-state index is 0.878. The average Bonchev–Trinajstić information content (AvgIpc) is 3.96. The van der Waals surface area contributed by atoms with E-state index in [0.717, 1.165) is 61.3 Å². The molecule has 0 N–H and O–H groups in total. The molecule has 3 heterocycles. The van der Waals surface area contributed by atoms with Gasteiger partial charge in [0.25, 0.3) is 0 Å². The molecule has 0 aliphatic carbocycles. The molecule has 0 spiro atoms. The zero-order valence-corrected chi connectivity index (χ0v) is 32.2. The highest BCUT2D eigenvalue weighted by Gasteiger charge is 2.23. The van der Waals surface area contributed by atoms with E-state index in [4.69, 9.17) is 4.42 Å². The Morgan fingerprint density at radius 1 is 0.379 bits per heavy atom. The molecule has 0 aliphatic heterocycles. The number of thiophene rings is 1. The van der Waals surface area contributed by atoms with Gasteiger partial charge in [-0.25, -0.2) is 0 Å². The summed E-state index contributed by atoms with van der Waals surface area (Å²) in [5, 5.41) is 7.29. The van der Waals surface area contributed by atoms with Gasteiger partial charge in [-0.05, 0) is 83.4 Å². The third-order valence-electron chi connectivity index (χ3n) is 11.6. The smallest absolute Gasteiger partial charge is 0.138 e.